The van der Waals surface area contributed by atoms with Gasteiger partial charge < -0.3 is 11.5 Å². The lowest BCUT2D eigenvalue weighted by molar-refractivity contribution is 0.380. The van der Waals surface area contributed by atoms with Crippen LogP contribution in [0.2, 0.25) is 0 Å². The lowest BCUT2D eigenvalue weighted by Crippen LogP contribution is -2.39. The molecule has 0 saturated heterocycles. The van der Waals surface area contributed by atoms with Gasteiger partial charge in [-0.25, -0.2) is 0 Å². The Labute approximate surface area is 55.6 Å². The number of hydrogen-bond acceptors (Lipinski definition) is 2. The minimum Gasteiger partial charge on any atom is -0.327 e. The van der Waals surface area contributed by atoms with Crippen LogP contribution in [-0.2, 0) is 0 Å². The van der Waals surface area contributed by atoms with Gasteiger partial charge in [-0.15, -0.1) is 0 Å². The highest BCUT2D eigenvalue weighted by molar-refractivity contribution is 5.05. The van der Waals surface area contributed by atoms with Gasteiger partial charge in [0.25, 0.3) is 0 Å². The Morgan fingerprint density at radius 3 is 2.33 bits per heavy atom. The van der Waals surface area contributed by atoms with Crippen LogP contribution in [0.3, 0.4) is 0 Å². The number of hydrogen-bond donors (Lipinski definition) is 2. The van der Waals surface area contributed by atoms with E-state index in [1.54, 1.807) is 0 Å². The number of nitrogens with two attached hydrogens (primary N) is 2. The van der Waals surface area contributed by atoms with Gasteiger partial charge in [0.1, 0.15) is 0 Å². The maximum atomic E-state index is 6.01. The number of fused-ring (bicyclic) bond motifs is 2. The van der Waals surface area contributed by atoms with E-state index in [1.807, 2.05) is 0 Å². The fourth-order valence-corrected chi connectivity index (χ4v) is 2.39. The first kappa shape index (κ1) is 5.69. The molecule has 0 radical (unpaired) electrons. The van der Waals surface area contributed by atoms with Crippen LogP contribution in [0, 0.1) is 5.92 Å². The van der Waals surface area contributed by atoms with Gasteiger partial charge in [-0.2, -0.15) is 0 Å². The molecule has 52 valence electrons. The maximum Gasteiger partial charge on any atom is 0.0172 e. The Morgan fingerprint density at radius 1 is 1.33 bits per heavy atom. The molecular formula is C7H14N2. The van der Waals surface area contributed by atoms with Gasteiger partial charge in [-0.05, 0) is 31.6 Å². The molecule has 4 N–H and O–H groups in total. The maximum absolute atomic E-state index is 6.01. The molecule has 0 heterocycles. The molecule has 0 aromatic rings. The Bertz CT molecular complexity index is 131. The summed E-state index contributed by atoms with van der Waals surface area (Å²) in [7, 11) is 0. The molecular weight excluding hydrogens is 112 g/mol. The van der Waals surface area contributed by atoms with Crippen molar-refractivity contribution in [2.24, 2.45) is 17.4 Å². The number of rotatable bonds is 0. The predicted molar refractivity (Wildman–Crippen MR) is 36.9 cm³/mol. The van der Waals surface area contributed by atoms with Crippen molar-refractivity contribution in [2.75, 3.05) is 0 Å². The van der Waals surface area contributed by atoms with E-state index in [2.05, 4.69) is 0 Å². The predicted octanol–water partition coefficient (Wildman–Crippen LogP) is 0.215. The largest absolute Gasteiger partial charge is 0.327 e. The second kappa shape index (κ2) is 1.50. The van der Waals surface area contributed by atoms with E-state index >= 15 is 0 Å². The van der Waals surface area contributed by atoms with Crippen molar-refractivity contribution in [3.05, 3.63) is 0 Å². The minimum atomic E-state index is 0.157. The third kappa shape index (κ3) is 0.700. The molecule has 2 aliphatic rings. The highest BCUT2D eigenvalue weighted by Crippen LogP contribution is 2.44. The van der Waals surface area contributed by atoms with Gasteiger partial charge in [-0.3, -0.25) is 0 Å². The molecule has 2 rings (SSSR count). The van der Waals surface area contributed by atoms with E-state index < -0.39 is 0 Å². The normalized spacial score (nSPS) is 56.7. The molecule has 2 nitrogen and oxygen atoms in total. The summed E-state index contributed by atoms with van der Waals surface area (Å²) in [6.07, 6.45) is 4.74. The molecule has 0 aromatic carbocycles. The molecule has 2 heteroatoms. The molecule has 9 heavy (non-hydrogen) atoms. The fraction of sp³-hybridized carbons (Fsp3) is 1.00. The lowest BCUT2D eigenvalue weighted by atomic mass is 9.92. The molecule has 0 amide bonds. The standard InChI is InChI=1S/C7H14N2/c8-6-4-7(9)2-1-5(6)3-7/h5-6H,1-4,8-9H2/t5-,6+,7-/m1/s1. The SMILES string of the molecule is N[C@H]1C[C@@]2(N)CC[C@@H]1C2. The summed E-state index contributed by atoms with van der Waals surface area (Å²) in [5.74, 6) is 0.759. The van der Waals surface area contributed by atoms with Gasteiger partial charge in [0.05, 0.1) is 0 Å². The zero-order valence-corrected chi connectivity index (χ0v) is 5.64. The smallest absolute Gasteiger partial charge is 0.0172 e. The third-order valence-electron chi connectivity index (χ3n) is 2.93. The lowest BCUT2D eigenvalue weighted by Gasteiger charge is -2.23. The van der Waals surface area contributed by atoms with Crippen LogP contribution in [-0.4, -0.2) is 11.6 Å². The van der Waals surface area contributed by atoms with Gasteiger partial charge in [0.15, 0.2) is 0 Å². The van der Waals surface area contributed by atoms with Crippen LogP contribution in [0.5, 0.6) is 0 Å². The van der Waals surface area contributed by atoms with E-state index in [4.69, 9.17) is 11.5 Å². The Morgan fingerprint density at radius 2 is 2.11 bits per heavy atom. The zero-order valence-electron chi connectivity index (χ0n) is 5.64. The zero-order chi connectivity index (χ0) is 6.48. The average Bonchev–Trinajstić information content (AvgIpc) is 2.20. The monoisotopic (exact) mass is 126 g/mol. The van der Waals surface area contributed by atoms with Crippen LogP contribution < -0.4 is 11.5 Å². The van der Waals surface area contributed by atoms with Crippen molar-refractivity contribution in [3.8, 4) is 0 Å². The summed E-state index contributed by atoms with van der Waals surface area (Å²) in [4.78, 5) is 0. The topological polar surface area (TPSA) is 52.0 Å². The molecule has 2 aliphatic carbocycles. The third-order valence-corrected chi connectivity index (χ3v) is 2.93. The summed E-state index contributed by atoms with van der Waals surface area (Å²) in [5.41, 5.74) is 12.0. The molecule has 2 fully saturated rings. The first-order valence-corrected chi connectivity index (χ1v) is 3.74. The van der Waals surface area contributed by atoms with Crippen molar-refractivity contribution in [3.63, 3.8) is 0 Å². The molecule has 0 aliphatic heterocycles. The van der Waals surface area contributed by atoms with Crippen molar-refractivity contribution in [1.82, 2.24) is 0 Å². The second-order valence-corrected chi connectivity index (χ2v) is 3.73. The summed E-state index contributed by atoms with van der Waals surface area (Å²) in [5, 5.41) is 0. The first-order chi connectivity index (χ1) is 4.20. The van der Waals surface area contributed by atoms with Crippen molar-refractivity contribution in [2.45, 2.75) is 37.3 Å². The van der Waals surface area contributed by atoms with Crippen LogP contribution in [0.15, 0.2) is 0 Å². The van der Waals surface area contributed by atoms with Crippen molar-refractivity contribution < 1.29 is 0 Å². The second-order valence-electron chi connectivity index (χ2n) is 3.73. The van der Waals surface area contributed by atoms with Gasteiger partial charge in [0.2, 0.25) is 0 Å². The molecule has 0 unspecified atom stereocenters. The van der Waals surface area contributed by atoms with E-state index in [0.717, 1.165) is 12.3 Å². The van der Waals surface area contributed by atoms with Crippen molar-refractivity contribution >= 4 is 0 Å². The summed E-state index contributed by atoms with van der Waals surface area (Å²) in [6.45, 7) is 0. The van der Waals surface area contributed by atoms with E-state index in [1.165, 1.54) is 19.3 Å². The van der Waals surface area contributed by atoms with E-state index in [-0.39, 0.29) is 5.54 Å². The van der Waals surface area contributed by atoms with Crippen LogP contribution >= 0.6 is 0 Å². The Kier molecular flexibility index (Phi) is 0.945. The summed E-state index contributed by atoms with van der Waals surface area (Å²) < 4.78 is 0. The molecule has 0 aromatic heterocycles. The van der Waals surface area contributed by atoms with E-state index in [9.17, 15) is 0 Å². The molecule has 3 atom stereocenters. The van der Waals surface area contributed by atoms with Gasteiger partial charge in [-0.1, -0.05) is 0 Å². The minimum absolute atomic E-state index is 0.157. The van der Waals surface area contributed by atoms with Gasteiger partial charge >= 0.3 is 0 Å². The first-order valence-electron chi connectivity index (χ1n) is 3.74. The quantitative estimate of drug-likeness (QED) is 0.487. The molecule has 0 spiro atoms. The van der Waals surface area contributed by atoms with Crippen LogP contribution in [0.4, 0.5) is 0 Å². The summed E-state index contributed by atoms with van der Waals surface area (Å²) >= 11 is 0. The van der Waals surface area contributed by atoms with Crippen LogP contribution in [0.25, 0.3) is 0 Å². The van der Waals surface area contributed by atoms with E-state index in [0.29, 0.717) is 6.04 Å². The highest BCUT2D eigenvalue weighted by atomic mass is 14.9. The fourth-order valence-electron chi connectivity index (χ4n) is 2.39. The Hall–Kier alpha value is -0.0800. The molecule has 2 bridgehead atoms. The molecule has 2 saturated carbocycles. The highest BCUT2D eigenvalue weighted by Gasteiger charge is 2.46. The average molecular weight is 126 g/mol. The Balaban J connectivity index is 2.19. The van der Waals surface area contributed by atoms with Gasteiger partial charge in [0, 0.05) is 11.6 Å². The summed E-state index contributed by atoms with van der Waals surface area (Å²) in [6, 6.07) is 0.420. The van der Waals surface area contributed by atoms with Crippen molar-refractivity contribution in [1.29, 1.82) is 0 Å². The van der Waals surface area contributed by atoms with Crippen LogP contribution in [0.1, 0.15) is 25.7 Å².